The van der Waals surface area contributed by atoms with Crippen LogP contribution in [0.1, 0.15) is 23.5 Å². The number of hydrogen-bond donors (Lipinski definition) is 0. The molecule has 0 bridgehead atoms. The van der Waals surface area contributed by atoms with Gasteiger partial charge in [0, 0.05) is 34.1 Å². The molecule has 1 fully saturated rings. The summed E-state index contributed by atoms with van der Waals surface area (Å²) in [6.45, 7) is 5.12. The fourth-order valence-electron chi connectivity index (χ4n) is 4.40. The maximum Gasteiger partial charge on any atom is 0.230 e. The molecule has 2 aromatic rings. The van der Waals surface area contributed by atoms with E-state index in [4.69, 9.17) is 34.8 Å². The van der Waals surface area contributed by atoms with Gasteiger partial charge in [-0.25, -0.2) is 0 Å². The molecule has 3 unspecified atom stereocenters. The Kier molecular flexibility index (Phi) is 5.55. The maximum atomic E-state index is 12.9. The third-order valence-corrected chi connectivity index (χ3v) is 6.50. The Morgan fingerprint density at radius 1 is 1.07 bits per heavy atom. The third-order valence-electron chi connectivity index (χ3n) is 5.70. The van der Waals surface area contributed by atoms with Gasteiger partial charge >= 0.3 is 0 Å². The normalized spacial score (nSPS) is 24.1. The number of allylic oxidation sites excluding steroid dienone is 1. The number of carbonyl (C=O) groups is 1. The number of benzene rings is 2. The predicted molar refractivity (Wildman–Crippen MR) is 117 cm³/mol. The van der Waals surface area contributed by atoms with Crippen LogP contribution in [0.25, 0.3) is 5.57 Å². The van der Waals surface area contributed by atoms with Crippen LogP contribution in [-0.4, -0.2) is 23.9 Å². The second-order valence-corrected chi connectivity index (χ2v) is 8.68. The molecule has 1 aliphatic heterocycles. The van der Waals surface area contributed by atoms with Gasteiger partial charge in [-0.2, -0.15) is 0 Å². The lowest BCUT2D eigenvalue weighted by molar-refractivity contribution is -0.129. The Morgan fingerprint density at radius 3 is 2.46 bits per heavy atom. The predicted octanol–water partition coefficient (Wildman–Crippen LogP) is 6.48. The lowest BCUT2D eigenvalue weighted by Gasteiger charge is -2.31. The lowest BCUT2D eigenvalue weighted by atomic mass is 9.71. The van der Waals surface area contributed by atoms with Gasteiger partial charge in [0.15, 0.2) is 0 Å². The molecule has 1 heterocycles. The molecule has 2 aromatic carbocycles. The van der Waals surface area contributed by atoms with Crippen molar-refractivity contribution in [1.82, 2.24) is 4.90 Å². The average Bonchev–Trinajstić information content (AvgIpc) is 2.97. The minimum atomic E-state index is -0.120. The second kappa shape index (κ2) is 7.94. The van der Waals surface area contributed by atoms with Crippen LogP contribution < -0.4 is 0 Å². The summed E-state index contributed by atoms with van der Waals surface area (Å²) in [6, 6.07) is 13.5. The first kappa shape index (κ1) is 19.6. The fraction of sp³-hybridized carbons (Fsp3) is 0.261. The molecule has 28 heavy (non-hydrogen) atoms. The van der Waals surface area contributed by atoms with Gasteiger partial charge in [-0.15, -0.1) is 6.58 Å². The number of fused-ring (bicyclic) bond motifs is 1. The number of carbonyl (C=O) groups excluding carboxylic acids is 1. The van der Waals surface area contributed by atoms with Gasteiger partial charge in [-0.1, -0.05) is 65.2 Å². The quantitative estimate of drug-likeness (QED) is 0.506. The molecule has 2 aliphatic rings. The van der Waals surface area contributed by atoms with E-state index < -0.39 is 0 Å². The van der Waals surface area contributed by atoms with Gasteiger partial charge in [0.1, 0.15) is 0 Å². The van der Waals surface area contributed by atoms with E-state index in [1.54, 1.807) is 12.1 Å². The molecule has 0 spiro atoms. The maximum absolute atomic E-state index is 12.9. The molecule has 5 heteroatoms. The largest absolute Gasteiger partial charge is 0.338 e. The highest BCUT2D eigenvalue weighted by molar-refractivity contribution is 6.35. The summed E-state index contributed by atoms with van der Waals surface area (Å²) in [6.07, 6.45) is 4.79. The summed E-state index contributed by atoms with van der Waals surface area (Å²) >= 11 is 18.7. The number of rotatable bonds is 4. The molecule has 0 radical (unpaired) electrons. The van der Waals surface area contributed by atoms with E-state index in [0.29, 0.717) is 21.6 Å². The Labute approximate surface area is 180 Å². The molecular formula is C23H20Cl3NO. The van der Waals surface area contributed by atoms with Gasteiger partial charge in [-0.3, -0.25) is 4.79 Å². The molecular weight excluding hydrogens is 413 g/mol. The standard InChI is InChI=1S/C23H20Cl3NO/c1-2-9-27-13-15-10-19(14-3-5-16(24)6-4-14)21(12-20(15)23(27)28)18-8-7-17(25)11-22(18)26/h2-8,11-12,15,19-20H,1,9-10,13H2. The first-order chi connectivity index (χ1) is 13.5. The Morgan fingerprint density at radius 2 is 1.79 bits per heavy atom. The van der Waals surface area contributed by atoms with Crippen molar-refractivity contribution in [3.63, 3.8) is 0 Å². The second-order valence-electron chi connectivity index (χ2n) is 7.40. The first-order valence-electron chi connectivity index (χ1n) is 9.30. The van der Waals surface area contributed by atoms with E-state index in [1.807, 2.05) is 29.2 Å². The summed E-state index contributed by atoms with van der Waals surface area (Å²) < 4.78 is 0. The lowest BCUT2D eigenvalue weighted by Crippen LogP contribution is -2.27. The monoisotopic (exact) mass is 431 g/mol. The van der Waals surface area contributed by atoms with Crippen LogP contribution in [0.3, 0.4) is 0 Å². The highest BCUT2D eigenvalue weighted by Gasteiger charge is 2.43. The van der Waals surface area contributed by atoms with Gasteiger partial charge in [-0.05, 0) is 53.3 Å². The molecule has 3 atom stereocenters. The molecule has 1 aliphatic carbocycles. The van der Waals surface area contributed by atoms with Gasteiger partial charge in [0.25, 0.3) is 0 Å². The molecule has 0 N–H and O–H groups in total. The van der Waals surface area contributed by atoms with Crippen molar-refractivity contribution in [3.8, 4) is 0 Å². The van der Waals surface area contributed by atoms with E-state index in [1.165, 1.54) is 5.56 Å². The van der Waals surface area contributed by atoms with Crippen molar-refractivity contribution < 1.29 is 4.79 Å². The zero-order valence-electron chi connectivity index (χ0n) is 15.2. The molecule has 4 rings (SSSR count). The number of nitrogens with zero attached hydrogens (tertiary/aromatic N) is 1. The van der Waals surface area contributed by atoms with Crippen LogP contribution >= 0.6 is 34.8 Å². The summed E-state index contributed by atoms with van der Waals surface area (Å²) in [4.78, 5) is 14.8. The van der Waals surface area contributed by atoms with Crippen LogP contribution in [0.5, 0.6) is 0 Å². The van der Waals surface area contributed by atoms with Crippen LogP contribution in [-0.2, 0) is 4.79 Å². The SMILES string of the molecule is C=CCN1CC2CC(c3ccc(Cl)cc3)C(c3ccc(Cl)cc3Cl)=CC2C1=O. The minimum absolute atomic E-state index is 0.120. The number of hydrogen-bond acceptors (Lipinski definition) is 1. The molecule has 0 saturated carbocycles. The summed E-state index contributed by atoms with van der Waals surface area (Å²) in [5.74, 6) is 0.476. The third kappa shape index (κ3) is 3.61. The van der Waals surface area contributed by atoms with Gasteiger partial charge in [0.05, 0.1) is 5.92 Å². The summed E-state index contributed by atoms with van der Waals surface area (Å²) in [5.41, 5.74) is 3.19. The van der Waals surface area contributed by atoms with E-state index >= 15 is 0 Å². The number of amides is 1. The van der Waals surface area contributed by atoms with Crippen molar-refractivity contribution in [2.75, 3.05) is 13.1 Å². The highest BCUT2D eigenvalue weighted by Crippen LogP contribution is 2.48. The van der Waals surface area contributed by atoms with Crippen LogP contribution in [0.15, 0.2) is 61.2 Å². The smallest absolute Gasteiger partial charge is 0.230 e. The Bertz CT molecular complexity index is 951. The van der Waals surface area contributed by atoms with Crippen molar-refractivity contribution in [1.29, 1.82) is 0 Å². The van der Waals surface area contributed by atoms with Crippen molar-refractivity contribution in [2.45, 2.75) is 12.3 Å². The van der Waals surface area contributed by atoms with E-state index in [0.717, 1.165) is 24.1 Å². The zero-order valence-corrected chi connectivity index (χ0v) is 17.5. The van der Waals surface area contributed by atoms with Crippen LogP contribution in [0, 0.1) is 11.8 Å². The van der Waals surface area contributed by atoms with Crippen LogP contribution in [0.4, 0.5) is 0 Å². The highest BCUT2D eigenvalue weighted by atomic mass is 35.5. The van der Waals surface area contributed by atoms with Crippen molar-refractivity contribution in [2.24, 2.45) is 11.8 Å². The summed E-state index contributed by atoms with van der Waals surface area (Å²) in [7, 11) is 0. The Hall–Kier alpha value is -1.74. The average molecular weight is 433 g/mol. The van der Waals surface area contributed by atoms with Gasteiger partial charge in [0.2, 0.25) is 5.91 Å². The topological polar surface area (TPSA) is 20.3 Å². The van der Waals surface area contributed by atoms with Gasteiger partial charge < -0.3 is 4.90 Å². The molecule has 1 saturated heterocycles. The van der Waals surface area contributed by atoms with Crippen molar-refractivity contribution >= 4 is 46.3 Å². The summed E-state index contributed by atoms with van der Waals surface area (Å²) in [5, 5.41) is 1.91. The van der Waals surface area contributed by atoms with E-state index in [2.05, 4.69) is 24.8 Å². The van der Waals surface area contributed by atoms with Crippen LogP contribution in [0.2, 0.25) is 15.1 Å². The number of likely N-dealkylation sites (tertiary alicyclic amines) is 1. The number of halogens is 3. The zero-order chi connectivity index (χ0) is 19.8. The minimum Gasteiger partial charge on any atom is -0.338 e. The van der Waals surface area contributed by atoms with Crippen molar-refractivity contribution in [3.05, 3.63) is 87.4 Å². The molecule has 1 amide bonds. The molecule has 144 valence electrons. The Balaban J connectivity index is 1.80. The van der Waals surface area contributed by atoms with E-state index in [9.17, 15) is 4.79 Å². The fourth-order valence-corrected chi connectivity index (χ4v) is 5.04. The molecule has 2 nitrogen and oxygen atoms in total. The first-order valence-corrected chi connectivity index (χ1v) is 10.4. The van der Waals surface area contributed by atoms with E-state index in [-0.39, 0.29) is 23.7 Å². The molecule has 0 aromatic heterocycles.